The summed E-state index contributed by atoms with van der Waals surface area (Å²) in [6, 6.07) is 0. The van der Waals surface area contributed by atoms with Crippen LogP contribution in [0.1, 0.15) is 139 Å². The van der Waals surface area contributed by atoms with Crippen molar-refractivity contribution in [2.45, 2.75) is 149 Å². The Morgan fingerprint density at radius 3 is 1.98 bits per heavy atom. The molecule has 7 nitrogen and oxygen atoms in total. The third-order valence-corrected chi connectivity index (χ3v) is 8.42. The molecule has 0 saturated heterocycles. The zero-order valence-electron chi connectivity index (χ0n) is 26.3. The lowest BCUT2D eigenvalue weighted by Gasteiger charge is -2.37. The van der Waals surface area contributed by atoms with E-state index in [4.69, 9.17) is 19.3 Å². The molecule has 1 aromatic rings. The molecule has 0 radical (unpaired) electrons. The third-order valence-electron chi connectivity index (χ3n) is 8.42. The molecule has 1 aromatic carbocycles. The number of hydrogen-bond donors (Lipinski definition) is 1. The molecule has 1 N–H and O–H groups in total. The molecule has 1 unspecified atom stereocenters. The fourth-order valence-corrected chi connectivity index (χ4v) is 5.51. The van der Waals surface area contributed by atoms with Crippen molar-refractivity contribution in [1.29, 1.82) is 0 Å². The number of carbonyl (C=O) groups excluding carboxylic acids is 2. The first-order chi connectivity index (χ1) is 19.6. The highest BCUT2D eigenvalue weighted by molar-refractivity contribution is 5.88. The molecular weight excluding hydrogens is 520 g/mol. The molecule has 1 aliphatic heterocycles. The van der Waals surface area contributed by atoms with Crippen molar-refractivity contribution < 1.29 is 33.7 Å². The van der Waals surface area contributed by atoms with Gasteiger partial charge in [0.05, 0.1) is 12.8 Å². The number of ether oxygens (including phenoxy) is 3. The van der Waals surface area contributed by atoms with E-state index in [0.717, 1.165) is 61.2 Å². The maximum Gasteiger partial charge on any atom is 0.311 e. The molecule has 1 aliphatic rings. The van der Waals surface area contributed by atoms with Gasteiger partial charge in [-0.2, -0.15) is 0 Å². The highest BCUT2D eigenvalue weighted by Crippen LogP contribution is 2.44. The number of carbonyl (C=O) groups is 3. The first kappa shape index (κ1) is 34.8. The number of fused-ring (bicyclic) bond motifs is 1. The van der Waals surface area contributed by atoms with Gasteiger partial charge in [0.2, 0.25) is 0 Å². The third kappa shape index (κ3) is 11.4. The number of Topliss-reactive ketones (excluding diaryl/α,β-unsaturated/α-hetero) is 1. The molecule has 0 aromatic heterocycles. The van der Waals surface area contributed by atoms with Crippen molar-refractivity contribution in [2.24, 2.45) is 0 Å². The Bertz CT molecular complexity index is 1000. The quantitative estimate of drug-likeness (QED) is 0.0898. The zero-order chi connectivity index (χ0) is 30.3. The van der Waals surface area contributed by atoms with Gasteiger partial charge in [0.1, 0.15) is 11.5 Å². The minimum Gasteiger partial charge on any atom is -0.481 e. The summed E-state index contributed by atoms with van der Waals surface area (Å²) in [6.45, 7) is 11.6. The minimum atomic E-state index is -1.03. The number of hydrogen-bond acceptors (Lipinski definition) is 6. The van der Waals surface area contributed by atoms with Gasteiger partial charge in [-0.15, -0.1) is 0 Å². The Hall–Kier alpha value is -2.41. The van der Waals surface area contributed by atoms with Crippen molar-refractivity contribution in [3.05, 3.63) is 22.3 Å². The summed E-state index contributed by atoms with van der Waals surface area (Å²) in [7, 11) is 0. The van der Waals surface area contributed by atoms with Gasteiger partial charge in [-0.05, 0) is 76.5 Å². The van der Waals surface area contributed by atoms with Crippen LogP contribution in [0.5, 0.6) is 11.5 Å². The van der Waals surface area contributed by atoms with Crippen LogP contribution in [0, 0.1) is 20.8 Å². The van der Waals surface area contributed by atoms with Crippen LogP contribution in [0.3, 0.4) is 0 Å². The Morgan fingerprint density at radius 1 is 0.780 bits per heavy atom. The van der Waals surface area contributed by atoms with Gasteiger partial charge < -0.3 is 19.3 Å². The van der Waals surface area contributed by atoms with Crippen LogP contribution in [-0.4, -0.2) is 41.6 Å². The molecule has 0 amide bonds. The van der Waals surface area contributed by atoms with E-state index in [0.29, 0.717) is 30.8 Å². The molecule has 232 valence electrons. The highest BCUT2D eigenvalue weighted by Gasteiger charge is 2.40. The predicted octanol–water partition coefficient (Wildman–Crippen LogP) is 8.14. The molecule has 0 bridgehead atoms. The van der Waals surface area contributed by atoms with E-state index in [-0.39, 0.29) is 18.6 Å². The second-order valence-corrected chi connectivity index (χ2v) is 11.9. The van der Waals surface area contributed by atoms with E-state index in [9.17, 15) is 14.4 Å². The van der Waals surface area contributed by atoms with Crippen molar-refractivity contribution in [1.82, 2.24) is 0 Å². The Kier molecular flexibility index (Phi) is 15.4. The van der Waals surface area contributed by atoms with Crippen LogP contribution in [0.25, 0.3) is 0 Å². The monoisotopic (exact) mass is 574 g/mol. The van der Waals surface area contributed by atoms with Gasteiger partial charge in [0, 0.05) is 25.2 Å². The lowest BCUT2D eigenvalue weighted by atomic mass is 9.84. The van der Waals surface area contributed by atoms with Crippen molar-refractivity contribution in [3.8, 4) is 11.5 Å². The number of esters is 1. The van der Waals surface area contributed by atoms with Gasteiger partial charge in [-0.1, -0.05) is 64.7 Å². The first-order valence-electron chi connectivity index (χ1n) is 16.0. The highest BCUT2D eigenvalue weighted by atomic mass is 16.5. The summed E-state index contributed by atoms with van der Waals surface area (Å²) in [5.74, 6) is -0.267. The Balaban J connectivity index is 1.72. The summed E-state index contributed by atoms with van der Waals surface area (Å²) >= 11 is 0. The minimum absolute atomic E-state index is 0.144. The van der Waals surface area contributed by atoms with Crippen LogP contribution >= 0.6 is 0 Å². The van der Waals surface area contributed by atoms with Crippen LogP contribution in [0.15, 0.2) is 0 Å². The molecular formula is C34H54O7. The second-order valence-electron chi connectivity index (χ2n) is 11.9. The lowest BCUT2D eigenvalue weighted by molar-refractivity contribution is -0.142. The molecule has 2 rings (SSSR count). The molecule has 1 heterocycles. The average molecular weight is 575 g/mol. The standard InChI is InChI=1S/C34H54O7/c1-6-7-8-9-13-16-23-39-24-17-14-11-10-12-15-18-29(35)34(5)22-21-28-27(4)32(25(2)26(3)33(28)41-34)40-31(38)20-19-30(36)37/h6-24H2,1-5H3,(H,36,37). The second kappa shape index (κ2) is 18.2. The van der Waals surface area contributed by atoms with E-state index in [1.54, 1.807) is 0 Å². The Labute approximate surface area is 247 Å². The van der Waals surface area contributed by atoms with Gasteiger partial charge in [0.15, 0.2) is 11.4 Å². The summed E-state index contributed by atoms with van der Waals surface area (Å²) in [5, 5.41) is 8.84. The van der Waals surface area contributed by atoms with E-state index in [2.05, 4.69) is 6.92 Å². The predicted molar refractivity (Wildman–Crippen MR) is 162 cm³/mol. The number of ketones is 1. The van der Waals surface area contributed by atoms with Crippen LogP contribution < -0.4 is 9.47 Å². The number of carboxylic acid groups (broad SMARTS) is 1. The smallest absolute Gasteiger partial charge is 0.311 e. The van der Waals surface area contributed by atoms with Gasteiger partial charge in [-0.3, -0.25) is 14.4 Å². The fraction of sp³-hybridized carbons (Fsp3) is 0.735. The zero-order valence-corrected chi connectivity index (χ0v) is 26.3. The SMILES string of the molecule is CCCCCCCCOCCCCCCCCC(=O)C1(C)CCc2c(C)c(OC(=O)CCC(=O)O)c(C)c(C)c2O1. The van der Waals surface area contributed by atoms with E-state index in [1.165, 1.54) is 51.4 Å². The van der Waals surface area contributed by atoms with Gasteiger partial charge in [-0.25, -0.2) is 0 Å². The average Bonchev–Trinajstić information content (AvgIpc) is 2.94. The number of benzene rings is 1. The molecule has 0 fully saturated rings. The van der Waals surface area contributed by atoms with E-state index in [1.807, 2.05) is 27.7 Å². The number of carboxylic acids is 1. The van der Waals surface area contributed by atoms with Crippen LogP contribution in [0.4, 0.5) is 0 Å². The lowest BCUT2D eigenvalue weighted by Crippen LogP contribution is -2.44. The van der Waals surface area contributed by atoms with Crippen LogP contribution in [-0.2, 0) is 25.5 Å². The summed E-state index contributed by atoms with van der Waals surface area (Å²) in [5.41, 5.74) is 2.53. The summed E-state index contributed by atoms with van der Waals surface area (Å²) in [4.78, 5) is 36.2. The largest absolute Gasteiger partial charge is 0.481 e. The maximum atomic E-state index is 13.2. The van der Waals surface area contributed by atoms with Crippen molar-refractivity contribution >= 4 is 17.7 Å². The van der Waals surface area contributed by atoms with E-state index >= 15 is 0 Å². The van der Waals surface area contributed by atoms with E-state index < -0.39 is 17.5 Å². The first-order valence-corrected chi connectivity index (χ1v) is 16.0. The maximum absolute atomic E-state index is 13.2. The number of aliphatic carboxylic acids is 1. The normalized spacial score (nSPS) is 16.2. The van der Waals surface area contributed by atoms with Gasteiger partial charge >= 0.3 is 11.9 Å². The molecule has 1 atom stereocenters. The Morgan fingerprint density at radius 2 is 1.37 bits per heavy atom. The number of unbranched alkanes of at least 4 members (excludes halogenated alkanes) is 10. The molecule has 0 spiro atoms. The molecule has 0 aliphatic carbocycles. The van der Waals surface area contributed by atoms with Gasteiger partial charge in [0.25, 0.3) is 0 Å². The number of rotatable bonds is 21. The summed E-state index contributed by atoms with van der Waals surface area (Å²) in [6.07, 6.45) is 15.6. The summed E-state index contributed by atoms with van der Waals surface area (Å²) < 4.78 is 17.8. The van der Waals surface area contributed by atoms with Crippen molar-refractivity contribution in [3.63, 3.8) is 0 Å². The van der Waals surface area contributed by atoms with Crippen molar-refractivity contribution in [2.75, 3.05) is 13.2 Å². The topological polar surface area (TPSA) is 99.1 Å². The molecule has 7 heteroatoms. The molecule has 41 heavy (non-hydrogen) atoms. The molecule has 0 saturated carbocycles. The van der Waals surface area contributed by atoms with Crippen LogP contribution in [0.2, 0.25) is 0 Å². The fourth-order valence-electron chi connectivity index (χ4n) is 5.51.